The molecule has 1 unspecified atom stereocenters. The van der Waals surface area contributed by atoms with E-state index in [1.165, 1.54) is 6.92 Å². The number of aliphatic carboxylic acids is 1. The van der Waals surface area contributed by atoms with Gasteiger partial charge in [-0.2, -0.15) is 0 Å². The number of rotatable bonds is 4. The van der Waals surface area contributed by atoms with Gasteiger partial charge in [-0.05, 0) is 0 Å². The van der Waals surface area contributed by atoms with Gasteiger partial charge in [0.1, 0.15) is 0 Å². The summed E-state index contributed by atoms with van der Waals surface area (Å²) in [5.74, 6) is -2.20. The minimum atomic E-state index is -2.20. The zero-order valence-corrected chi connectivity index (χ0v) is 6.70. The summed E-state index contributed by atoms with van der Waals surface area (Å²) in [5, 5.41) is 19.6. The van der Waals surface area contributed by atoms with E-state index in [2.05, 4.69) is 0 Å². The largest absolute Gasteiger partial charge is 0.478 e. The molecule has 0 heterocycles. The van der Waals surface area contributed by atoms with E-state index >= 15 is 0 Å². The standard InChI is InChI=1S/C6H12N2O4/c1-2-6(12,5(10)11)8-4(9)3-7/h12H,2-3,7H2,1H3,(H,8,9)(H,10,11). The van der Waals surface area contributed by atoms with Crippen molar-refractivity contribution in [3.63, 3.8) is 0 Å². The molecule has 0 aromatic carbocycles. The van der Waals surface area contributed by atoms with Gasteiger partial charge in [0.25, 0.3) is 0 Å². The minimum absolute atomic E-state index is 0.117. The Labute approximate surface area is 69.4 Å². The van der Waals surface area contributed by atoms with Crippen LogP contribution in [-0.4, -0.2) is 34.4 Å². The van der Waals surface area contributed by atoms with Crippen molar-refractivity contribution in [1.82, 2.24) is 5.32 Å². The predicted octanol–water partition coefficient (Wildman–Crippen LogP) is -1.76. The molecule has 6 nitrogen and oxygen atoms in total. The zero-order valence-electron chi connectivity index (χ0n) is 6.70. The van der Waals surface area contributed by atoms with E-state index in [9.17, 15) is 14.7 Å². The van der Waals surface area contributed by atoms with E-state index in [-0.39, 0.29) is 13.0 Å². The Morgan fingerprint density at radius 3 is 2.33 bits per heavy atom. The summed E-state index contributed by atoms with van der Waals surface area (Å²) >= 11 is 0. The van der Waals surface area contributed by atoms with Crippen molar-refractivity contribution >= 4 is 11.9 Å². The highest BCUT2D eigenvalue weighted by atomic mass is 16.4. The highest BCUT2D eigenvalue weighted by Crippen LogP contribution is 2.04. The van der Waals surface area contributed by atoms with Crippen LogP contribution in [0, 0.1) is 0 Å². The Balaban J connectivity index is 4.34. The Kier molecular flexibility index (Phi) is 3.65. The van der Waals surface area contributed by atoms with Gasteiger partial charge in [0.05, 0.1) is 6.54 Å². The van der Waals surface area contributed by atoms with Gasteiger partial charge < -0.3 is 21.3 Å². The summed E-state index contributed by atoms with van der Waals surface area (Å²) in [6.07, 6.45) is -0.117. The van der Waals surface area contributed by atoms with Gasteiger partial charge in [-0.1, -0.05) is 6.92 Å². The molecular weight excluding hydrogens is 164 g/mol. The van der Waals surface area contributed by atoms with E-state index in [1.54, 1.807) is 0 Å². The van der Waals surface area contributed by atoms with Crippen molar-refractivity contribution in [2.45, 2.75) is 19.1 Å². The molecule has 0 aromatic rings. The van der Waals surface area contributed by atoms with Crippen molar-refractivity contribution in [2.24, 2.45) is 5.73 Å². The number of nitrogens with two attached hydrogens (primary N) is 1. The van der Waals surface area contributed by atoms with Gasteiger partial charge in [-0.25, -0.2) is 4.79 Å². The number of hydrogen-bond donors (Lipinski definition) is 4. The number of carboxylic acids is 1. The SMILES string of the molecule is CCC(O)(NC(=O)CN)C(=O)O. The van der Waals surface area contributed by atoms with Crippen molar-refractivity contribution < 1.29 is 19.8 Å². The Morgan fingerprint density at radius 2 is 2.08 bits per heavy atom. The first kappa shape index (κ1) is 10.9. The fourth-order valence-electron chi connectivity index (χ4n) is 0.575. The molecule has 0 spiro atoms. The number of carbonyl (C=O) groups is 2. The van der Waals surface area contributed by atoms with Crippen LogP contribution < -0.4 is 11.1 Å². The molecule has 0 aliphatic heterocycles. The third-order valence-corrected chi connectivity index (χ3v) is 1.40. The van der Waals surface area contributed by atoms with Crippen molar-refractivity contribution in [3.8, 4) is 0 Å². The molecule has 0 aliphatic carbocycles. The van der Waals surface area contributed by atoms with Crippen LogP contribution in [0.2, 0.25) is 0 Å². The monoisotopic (exact) mass is 176 g/mol. The molecular formula is C6H12N2O4. The molecule has 6 heteroatoms. The fraction of sp³-hybridized carbons (Fsp3) is 0.667. The van der Waals surface area contributed by atoms with Crippen LogP contribution in [-0.2, 0) is 9.59 Å². The van der Waals surface area contributed by atoms with Crippen LogP contribution >= 0.6 is 0 Å². The van der Waals surface area contributed by atoms with Crippen molar-refractivity contribution in [1.29, 1.82) is 0 Å². The summed E-state index contributed by atoms with van der Waals surface area (Å²) in [4.78, 5) is 21.0. The average Bonchev–Trinajstić information content (AvgIpc) is 2.03. The van der Waals surface area contributed by atoms with Gasteiger partial charge >= 0.3 is 5.97 Å². The van der Waals surface area contributed by atoms with Crippen LogP contribution in [0.5, 0.6) is 0 Å². The lowest BCUT2D eigenvalue weighted by Crippen LogP contribution is -2.55. The van der Waals surface area contributed by atoms with E-state index < -0.39 is 17.6 Å². The predicted molar refractivity (Wildman–Crippen MR) is 40.1 cm³/mol. The number of hydrogen-bond acceptors (Lipinski definition) is 4. The van der Waals surface area contributed by atoms with Crippen molar-refractivity contribution in [2.75, 3.05) is 6.54 Å². The number of amides is 1. The molecule has 0 aliphatic rings. The van der Waals surface area contributed by atoms with Gasteiger partial charge in [-0.15, -0.1) is 0 Å². The molecule has 1 atom stereocenters. The third kappa shape index (κ3) is 2.48. The Morgan fingerprint density at radius 1 is 1.58 bits per heavy atom. The lowest BCUT2D eigenvalue weighted by Gasteiger charge is -2.22. The molecule has 12 heavy (non-hydrogen) atoms. The van der Waals surface area contributed by atoms with E-state index in [4.69, 9.17) is 10.8 Å². The molecule has 0 bridgehead atoms. The highest BCUT2D eigenvalue weighted by molar-refractivity contribution is 5.86. The molecule has 0 rings (SSSR count). The lowest BCUT2D eigenvalue weighted by molar-refractivity contribution is -0.165. The van der Waals surface area contributed by atoms with Crippen LogP contribution in [0.15, 0.2) is 0 Å². The molecule has 0 fully saturated rings. The Bertz CT molecular complexity index is 194. The quantitative estimate of drug-likeness (QED) is 0.379. The Hall–Kier alpha value is -1.14. The number of carbonyl (C=O) groups excluding carboxylic acids is 1. The second-order valence-corrected chi connectivity index (χ2v) is 2.27. The summed E-state index contributed by atoms with van der Waals surface area (Å²) in [5.41, 5.74) is 2.72. The van der Waals surface area contributed by atoms with E-state index in [1.807, 2.05) is 5.32 Å². The first-order valence-corrected chi connectivity index (χ1v) is 3.43. The van der Waals surface area contributed by atoms with Gasteiger partial charge in [0, 0.05) is 6.42 Å². The summed E-state index contributed by atoms with van der Waals surface area (Å²) in [6, 6.07) is 0. The average molecular weight is 176 g/mol. The van der Waals surface area contributed by atoms with Gasteiger partial charge in [0.15, 0.2) is 0 Å². The number of carboxylic acid groups (broad SMARTS) is 1. The molecule has 0 radical (unpaired) electrons. The summed E-state index contributed by atoms with van der Waals surface area (Å²) < 4.78 is 0. The summed E-state index contributed by atoms with van der Waals surface area (Å²) in [6.45, 7) is 1.08. The minimum Gasteiger partial charge on any atom is -0.478 e. The fourth-order valence-corrected chi connectivity index (χ4v) is 0.575. The molecule has 1 amide bonds. The molecule has 70 valence electrons. The topological polar surface area (TPSA) is 113 Å². The highest BCUT2D eigenvalue weighted by Gasteiger charge is 2.35. The normalized spacial score (nSPS) is 14.9. The molecule has 0 saturated carbocycles. The van der Waals surface area contributed by atoms with E-state index in [0.29, 0.717) is 0 Å². The lowest BCUT2D eigenvalue weighted by atomic mass is 10.1. The maximum Gasteiger partial charge on any atom is 0.357 e. The van der Waals surface area contributed by atoms with Crippen LogP contribution in [0.1, 0.15) is 13.3 Å². The maximum atomic E-state index is 10.6. The third-order valence-electron chi connectivity index (χ3n) is 1.40. The molecule has 5 N–H and O–H groups in total. The maximum absolute atomic E-state index is 10.6. The smallest absolute Gasteiger partial charge is 0.357 e. The van der Waals surface area contributed by atoms with Crippen LogP contribution in [0.4, 0.5) is 0 Å². The van der Waals surface area contributed by atoms with E-state index in [0.717, 1.165) is 0 Å². The second kappa shape index (κ2) is 4.03. The van der Waals surface area contributed by atoms with Gasteiger partial charge in [0.2, 0.25) is 11.6 Å². The zero-order chi connectivity index (χ0) is 9.78. The summed E-state index contributed by atoms with van der Waals surface area (Å²) in [7, 11) is 0. The first-order chi connectivity index (χ1) is 5.46. The molecule has 0 saturated heterocycles. The van der Waals surface area contributed by atoms with Crippen LogP contribution in [0.3, 0.4) is 0 Å². The number of aliphatic hydroxyl groups is 1. The second-order valence-electron chi connectivity index (χ2n) is 2.27. The van der Waals surface area contributed by atoms with Crippen molar-refractivity contribution in [3.05, 3.63) is 0 Å². The first-order valence-electron chi connectivity index (χ1n) is 3.43. The number of nitrogens with one attached hydrogen (secondary N) is 1. The van der Waals surface area contributed by atoms with Crippen LogP contribution in [0.25, 0.3) is 0 Å². The molecule has 0 aromatic heterocycles. The van der Waals surface area contributed by atoms with Gasteiger partial charge in [-0.3, -0.25) is 4.79 Å².